The molecule has 1 atom stereocenters. The van der Waals surface area contributed by atoms with Gasteiger partial charge in [-0.3, -0.25) is 4.79 Å². The van der Waals surface area contributed by atoms with Crippen LogP contribution in [0.1, 0.15) is 34.1 Å². The molecule has 14 heavy (non-hydrogen) atoms. The lowest BCUT2D eigenvalue weighted by molar-refractivity contribution is -0.120. The van der Waals surface area contributed by atoms with Crippen molar-refractivity contribution in [2.75, 3.05) is 20.1 Å². The van der Waals surface area contributed by atoms with E-state index in [-0.39, 0.29) is 5.91 Å². The second-order valence-electron chi connectivity index (χ2n) is 4.89. The number of hydrogen-bond acceptors (Lipinski definition) is 2. The normalized spacial score (nSPS) is 13.8. The molecule has 0 aromatic heterocycles. The van der Waals surface area contributed by atoms with Crippen molar-refractivity contribution in [3.63, 3.8) is 0 Å². The van der Waals surface area contributed by atoms with Gasteiger partial charge >= 0.3 is 0 Å². The predicted molar refractivity (Wildman–Crippen MR) is 60.2 cm³/mol. The summed E-state index contributed by atoms with van der Waals surface area (Å²) in [5.41, 5.74) is 0.333. The number of amides is 1. The number of rotatable bonds is 5. The summed E-state index contributed by atoms with van der Waals surface area (Å²) in [6, 6.07) is 0. The molecule has 0 fully saturated rings. The molecule has 0 heterocycles. The number of nitrogens with one attached hydrogen (secondary N) is 2. The fourth-order valence-corrected chi connectivity index (χ4v) is 0.952. The molecule has 0 aliphatic carbocycles. The molecule has 3 nitrogen and oxygen atoms in total. The first-order valence-corrected chi connectivity index (χ1v) is 5.29. The first-order valence-electron chi connectivity index (χ1n) is 5.29. The van der Waals surface area contributed by atoms with E-state index >= 15 is 0 Å². The highest BCUT2D eigenvalue weighted by Crippen LogP contribution is 2.24. The van der Waals surface area contributed by atoms with Gasteiger partial charge in [-0.25, -0.2) is 0 Å². The Morgan fingerprint density at radius 2 is 1.93 bits per heavy atom. The van der Waals surface area contributed by atoms with Crippen LogP contribution in [0.15, 0.2) is 0 Å². The van der Waals surface area contributed by atoms with Gasteiger partial charge in [0.05, 0.1) is 0 Å². The van der Waals surface area contributed by atoms with Crippen molar-refractivity contribution < 1.29 is 4.79 Å². The number of carbonyl (C=O) groups excluding carboxylic acids is 1. The molecule has 0 aliphatic rings. The van der Waals surface area contributed by atoms with Crippen LogP contribution in [0.4, 0.5) is 0 Å². The van der Waals surface area contributed by atoms with Crippen LogP contribution < -0.4 is 10.6 Å². The molecular weight excluding hydrogens is 176 g/mol. The van der Waals surface area contributed by atoms with Crippen LogP contribution in [-0.4, -0.2) is 26.0 Å². The van der Waals surface area contributed by atoms with Crippen molar-refractivity contribution in [2.45, 2.75) is 34.1 Å². The van der Waals surface area contributed by atoms with Gasteiger partial charge < -0.3 is 10.6 Å². The van der Waals surface area contributed by atoms with Crippen LogP contribution in [0.2, 0.25) is 0 Å². The van der Waals surface area contributed by atoms with Crippen LogP contribution in [-0.2, 0) is 4.79 Å². The van der Waals surface area contributed by atoms with Crippen molar-refractivity contribution in [3.8, 4) is 0 Å². The minimum Gasteiger partial charge on any atom is -0.359 e. The second-order valence-corrected chi connectivity index (χ2v) is 4.89. The summed E-state index contributed by atoms with van der Waals surface area (Å²) in [4.78, 5) is 10.9. The molecule has 0 aromatic rings. The van der Waals surface area contributed by atoms with E-state index in [9.17, 15) is 4.79 Å². The van der Waals surface area contributed by atoms with Gasteiger partial charge in [-0.15, -0.1) is 0 Å². The van der Waals surface area contributed by atoms with E-state index < -0.39 is 0 Å². The largest absolute Gasteiger partial charge is 0.359 e. The average molecular weight is 200 g/mol. The van der Waals surface area contributed by atoms with Crippen molar-refractivity contribution in [1.29, 1.82) is 0 Å². The third-order valence-corrected chi connectivity index (χ3v) is 2.74. The van der Waals surface area contributed by atoms with Crippen LogP contribution in [0.25, 0.3) is 0 Å². The molecule has 1 unspecified atom stereocenters. The lowest BCUT2D eigenvalue weighted by Crippen LogP contribution is -2.32. The molecule has 0 rings (SSSR count). The van der Waals surface area contributed by atoms with Gasteiger partial charge in [0.2, 0.25) is 5.91 Å². The first kappa shape index (κ1) is 13.4. The van der Waals surface area contributed by atoms with E-state index in [2.05, 4.69) is 38.3 Å². The minimum atomic E-state index is 0.0981. The van der Waals surface area contributed by atoms with Gasteiger partial charge in [0.15, 0.2) is 0 Å². The summed E-state index contributed by atoms with van der Waals surface area (Å²) in [6.07, 6.45) is 0.563. The van der Waals surface area contributed by atoms with E-state index in [1.807, 2.05) is 0 Å². The van der Waals surface area contributed by atoms with Gasteiger partial charge in [0.1, 0.15) is 0 Å². The quantitative estimate of drug-likeness (QED) is 0.659. The summed E-state index contributed by atoms with van der Waals surface area (Å²) in [7, 11) is 1.67. The zero-order valence-corrected chi connectivity index (χ0v) is 10.1. The van der Waals surface area contributed by atoms with Gasteiger partial charge in [-0.2, -0.15) is 0 Å². The molecule has 0 saturated carbocycles. The first-order chi connectivity index (χ1) is 6.38. The Balaban J connectivity index is 3.50. The summed E-state index contributed by atoms with van der Waals surface area (Å²) in [5.74, 6) is 0.716. The van der Waals surface area contributed by atoms with Gasteiger partial charge in [0.25, 0.3) is 0 Å². The molecule has 0 aliphatic heterocycles. The van der Waals surface area contributed by atoms with E-state index in [1.54, 1.807) is 7.05 Å². The van der Waals surface area contributed by atoms with Gasteiger partial charge in [-0.1, -0.05) is 27.7 Å². The molecular formula is C11H24N2O. The maximum Gasteiger partial charge on any atom is 0.221 e. The highest BCUT2D eigenvalue weighted by Gasteiger charge is 2.18. The Labute approximate surface area is 87.6 Å². The molecule has 1 amide bonds. The molecule has 2 N–H and O–H groups in total. The van der Waals surface area contributed by atoms with Crippen molar-refractivity contribution in [1.82, 2.24) is 10.6 Å². The topological polar surface area (TPSA) is 41.1 Å². The minimum absolute atomic E-state index is 0.0981. The fraction of sp³-hybridized carbons (Fsp3) is 0.909. The molecule has 84 valence electrons. The summed E-state index contributed by atoms with van der Waals surface area (Å²) in [5, 5.41) is 5.90. The lowest BCUT2D eigenvalue weighted by atomic mass is 9.82. The third-order valence-electron chi connectivity index (χ3n) is 2.74. The van der Waals surface area contributed by atoms with Gasteiger partial charge in [-0.05, 0) is 17.9 Å². The third kappa shape index (κ3) is 5.97. The average Bonchev–Trinajstić information content (AvgIpc) is 2.09. The van der Waals surface area contributed by atoms with E-state index in [1.165, 1.54) is 0 Å². The fourth-order valence-electron chi connectivity index (χ4n) is 0.952. The van der Waals surface area contributed by atoms with Crippen molar-refractivity contribution in [3.05, 3.63) is 0 Å². The van der Waals surface area contributed by atoms with Crippen LogP contribution in [0.3, 0.4) is 0 Å². The van der Waals surface area contributed by atoms with E-state index in [4.69, 9.17) is 0 Å². The molecule has 0 saturated heterocycles. The number of carbonyl (C=O) groups is 1. The number of hydrogen-bond donors (Lipinski definition) is 2. The monoisotopic (exact) mass is 200 g/mol. The smallest absolute Gasteiger partial charge is 0.221 e. The maximum atomic E-state index is 10.9. The van der Waals surface area contributed by atoms with Crippen molar-refractivity contribution in [2.24, 2.45) is 11.3 Å². The Hall–Kier alpha value is -0.570. The zero-order valence-electron chi connectivity index (χ0n) is 10.1. The van der Waals surface area contributed by atoms with Crippen molar-refractivity contribution >= 4 is 5.91 Å². The Morgan fingerprint density at radius 1 is 1.36 bits per heavy atom. The summed E-state index contributed by atoms with van der Waals surface area (Å²) >= 11 is 0. The Kier molecular flexibility index (Phi) is 5.77. The Bertz CT molecular complexity index is 173. The lowest BCUT2D eigenvalue weighted by Gasteiger charge is -2.27. The van der Waals surface area contributed by atoms with E-state index in [0.717, 1.165) is 13.1 Å². The highest BCUT2D eigenvalue weighted by molar-refractivity contribution is 5.75. The molecule has 0 spiro atoms. The summed E-state index contributed by atoms with van der Waals surface area (Å²) in [6.45, 7) is 10.7. The van der Waals surface area contributed by atoms with Crippen LogP contribution in [0, 0.1) is 11.3 Å². The maximum absolute atomic E-state index is 10.9. The molecule has 0 radical (unpaired) electrons. The second kappa shape index (κ2) is 6.02. The standard InChI is InChI=1S/C11H24N2O/c1-9(11(2,3)4)8-13-7-6-10(14)12-5/h9,13H,6-8H2,1-5H3,(H,12,14). The molecule has 0 aromatic carbocycles. The Morgan fingerprint density at radius 3 is 2.36 bits per heavy atom. The summed E-state index contributed by atoms with van der Waals surface area (Å²) < 4.78 is 0. The van der Waals surface area contributed by atoms with Gasteiger partial charge in [0, 0.05) is 20.0 Å². The van der Waals surface area contributed by atoms with Crippen LogP contribution >= 0.6 is 0 Å². The SMILES string of the molecule is CNC(=O)CCNCC(C)C(C)(C)C. The molecule has 3 heteroatoms. The van der Waals surface area contributed by atoms with E-state index in [0.29, 0.717) is 17.8 Å². The molecule has 0 bridgehead atoms. The van der Waals surface area contributed by atoms with Crippen LogP contribution in [0.5, 0.6) is 0 Å². The highest BCUT2D eigenvalue weighted by atomic mass is 16.1. The zero-order chi connectivity index (χ0) is 11.2. The predicted octanol–water partition coefficient (Wildman–Crippen LogP) is 1.39.